The molecule has 0 aliphatic rings. The molecule has 0 aromatic carbocycles. The van der Waals surface area contributed by atoms with Gasteiger partial charge in [0.15, 0.2) is 0 Å². The van der Waals surface area contributed by atoms with E-state index in [0.29, 0.717) is 18.8 Å². The minimum atomic E-state index is -0.824. The van der Waals surface area contributed by atoms with Crippen LogP contribution in [-0.4, -0.2) is 11.9 Å². The van der Waals surface area contributed by atoms with E-state index in [0.717, 1.165) is 25.7 Å². The molecule has 0 rings (SSSR count). The number of nitriles is 1. The molecule has 0 bridgehead atoms. The molecule has 116 valence electrons. The van der Waals surface area contributed by atoms with E-state index in [-0.39, 0.29) is 11.9 Å². The fourth-order valence-corrected chi connectivity index (χ4v) is 2.63. The van der Waals surface area contributed by atoms with Crippen molar-refractivity contribution in [3.05, 3.63) is 0 Å². The van der Waals surface area contributed by atoms with E-state index in [1.54, 1.807) is 0 Å². The maximum atomic E-state index is 12.4. The molecule has 1 unspecified atom stereocenters. The van der Waals surface area contributed by atoms with Crippen molar-refractivity contribution in [2.75, 3.05) is 0 Å². The third kappa shape index (κ3) is 6.41. The van der Waals surface area contributed by atoms with Crippen LogP contribution in [0.5, 0.6) is 0 Å². The Balaban J connectivity index is 4.48. The maximum absolute atomic E-state index is 12.4. The molecule has 1 atom stereocenters. The van der Waals surface area contributed by atoms with Crippen molar-refractivity contribution in [1.82, 2.24) is 5.32 Å². The summed E-state index contributed by atoms with van der Waals surface area (Å²) in [6.07, 6.45) is 6.34. The molecule has 0 aliphatic carbocycles. The first-order valence-electron chi connectivity index (χ1n) is 8.14. The first-order chi connectivity index (χ1) is 9.41. The Morgan fingerprint density at radius 1 is 1.15 bits per heavy atom. The summed E-state index contributed by atoms with van der Waals surface area (Å²) in [6.45, 7) is 10.5. The van der Waals surface area contributed by atoms with Crippen LogP contribution >= 0.6 is 0 Å². The molecular weight excluding hydrogens is 248 g/mol. The Morgan fingerprint density at radius 2 is 1.70 bits per heavy atom. The molecule has 0 fully saturated rings. The predicted molar refractivity (Wildman–Crippen MR) is 84.2 cm³/mol. The molecule has 0 spiro atoms. The molecule has 0 saturated heterocycles. The van der Waals surface area contributed by atoms with Crippen molar-refractivity contribution in [3.8, 4) is 6.07 Å². The molecule has 0 aliphatic heterocycles. The lowest BCUT2D eigenvalue weighted by Gasteiger charge is -2.27. The lowest BCUT2D eigenvalue weighted by Crippen LogP contribution is -2.44. The van der Waals surface area contributed by atoms with E-state index in [9.17, 15) is 10.1 Å². The fourth-order valence-electron chi connectivity index (χ4n) is 2.63. The SMILES string of the molecule is CCCC(C#N)(CCC)C(=O)NC(C)CCCC(C)C. The predicted octanol–water partition coefficient (Wildman–Crippen LogP) is 4.43. The summed E-state index contributed by atoms with van der Waals surface area (Å²) in [6, 6.07) is 2.44. The Bertz CT molecular complexity index is 311. The average Bonchev–Trinajstić information content (AvgIpc) is 2.37. The summed E-state index contributed by atoms with van der Waals surface area (Å²) in [5.41, 5.74) is -0.824. The fraction of sp³-hybridized carbons (Fsp3) is 0.882. The molecule has 3 nitrogen and oxygen atoms in total. The molecule has 3 heteroatoms. The van der Waals surface area contributed by atoms with Crippen LogP contribution in [0.25, 0.3) is 0 Å². The van der Waals surface area contributed by atoms with E-state index >= 15 is 0 Å². The zero-order valence-electron chi connectivity index (χ0n) is 14.0. The average molecular weight is 280 g/mol. The highest BCUT2D eigenvalue weighted by Gasteiger charge is 2.37. The smallest absolute Gasteiger partial charge is 0.240 e. The topological polar surface area (TPSA) is 52.9 Å². The van der Waals surface area contributed by atoms with Gasteiger partial charge in [-0.1, -0.05) is 53.4 Å². The van der Waals surface area contributed by atoms with Gasteiger partial charge in [0.05, 0.1) is 6.07 Å². The van der Waals surface area contributed by atoms with Crippen LogP contribution in [0.1, 0.15) is 79.6 Å². The second-order valence-corrected chi connectivity index (χ2v) is 6.39. The van der Waals surface area contributed by atoms with Gasteiger partial charge < -0.3 is 5.32 Å². The highest BCUT2D eigenvalue weighted by atomic mass is 16.2. The van der Waals surface area contributed by atoms with Gasteiger partial charge >= 0.3 is 0 Å². The van der Waals surface area contributed by atoms with Gasteiger partial charge in [-0.3, -0.25) is 4.79 Å². The highest BCUT2D eigenvalue weighted by molar-refractivity contribution is 5.85. The summed E-state index contributed by atoms with van der Waals surface area (Å²) < 4.78 is 0. The Hall–Kier alpha value is -1.04. The van der Waals surface area contributed by atoms with E-state index < -0.39 is 5.41 Å². The van der Waals surface area contributed by atoms with Gasteiger partial charge in [0, 0.05) is 6.04 Å². The van der Waals surface area contributed by atoms with Crippen LogP contribution < -0.4 is 5.32 Å². The van der Waals surface area contributed by atoms with Crippen LogP contribution in [0.3, 0.4) is 0 Å². The molecule has 0 saturated carbocycles. The summed E-state index contributed by atoms with van der Waals surface area (Å²) in [5.74, 6) is 0.636. The van der Waals surface area contributed by atoms with Crippen molar-refractivity contribution in [2.24, 2.45) is 11.3 Å². The second kappa shape index (κ2) is 9.80. The van der Waals surface area contributed by atoms with Crippen LogP contribution in [0.15, 0.2) is 0 Å². The summed E-state index contributed by atoms with van der Waals surface area (Å²) in [5, 5.41) is 12.5. The summed E-state index contributed by atoms with van der Waals surface area (Å²) in [4.78, 5) is 12.4. The van der Waals surface area contributed by atoms with Gasteiger partial charge in [-0.2, -0.15) is 5.26 Å². The standard InChI is InChI=1S/C17H32N2O/c1-6-11-17(13-18,12-7-2)16(20)19-15(5)10-8-9-14(3)4/h14-15H,6-12H2,1-5H3,(H,19,20). The Kier molecular flexibility index (Phi) is 9.29. The van der Waals surface area contributed by atoms with E-state index in [2.05, 4.69) is 25.2 Å². The van der Waals surface area contributed by atoms with Gasteiger partial charge in [-0.25, -0.2) is 0 Å². The largest absolute Gasteiger partial charge is 0.352 e. The number of carbonyl (C=O) groups is 1. The van der Waals surface area contributed by atoms with Crippen molar-refractivity contribution in [3.63, 3.8) is 0 Å². The summed E-state index contributed by atoms with van der Waals surface area (Å²) in [7, 11) is 0. The highest BCUT2D eigenvalue weighted by Crippen LogP contribution is 2.29. The van der Waals surface area contributed by atoms with E-state index in [1.165, 1.54) is 6.42 Å². The molecule has 1 N–H and O–H groups in total. The van der Waals surface area contributed by atoms with Crippen LogP contribution in [-0.2, 0) is 4.79 Å². The third-order valence-corrected chi connectivity index (χ3v) is 3.80. The van der Waals surface area contributed by atoms with Gasteiger partial charge in [0.2, 0.25) is 5.91 Å². The number of nitrogens with zero attached hydrogens (tertiary/aromatic N) is 1. The maximum Gasteiger partial charge on any atom is 0.240 e. The van der Waals surface area contributed by atoms with Gasteiger partial charge in [0.25, 0.3) is 0 Å². The number of hydrogen-bond acceptors (Lipinski definition) is 2. The van der Waals surface area contributed by atoms with Crippen molar-refractivity contribution < 1.29 is 4.79 Å². The molecule has 0 radical (unpaired) electrons. The summed E-state index contributed by atoms with van der Waals surface area (Å²) >= 11 is 0. The number of rotatable bonds is 10. The number of nitrogens with one attached hydrogen (secondary N) is 1. The van der Waals surface area contributed by atoms with E-state index in [4.69, 9.17) is 0 Å². The zero-order chi connectivity index (χ0) is 15.6. The molecule has 0 aromatic heterocycles. The quantitative estimate of drug-likeness (QED) is 0.643. The van der Waals surface area contributed by atoms with Gasteiger partial charge in [0.1, 0.15) is 5.41 Å². The lowest BCUT2D eigenvalue weighted by atomic mass is 9.79. The minimum Gasteiger partial charge on any atom is -0.352 e. The molecule has 20 heavy (non-hydrogen) atoms. The van der Waals surface area contributed by atoms with E-state index in [1.807, 2.05) is 20.8 Å². The minimum absolute atomic E-state index is 0.0688. The Labute approximate surface area is 125 Å². The molecular formula is C17H32N2O. The molecule has 0 heterocycles. The molecule has 1 amide bonds. The van der Waals surface area contributed by atoms with Gasteiger partial charge in [-0.15, -0.1) is 0 Å². The second-order valence-electron chi connectivity index (χ2n) is 6.39. The van der Waals surface area contributed by atoms with Crippen molar-refractivity contribution in [1.29, 1.82) is 5.26 Å². The van der Waals surface area contributed by atoms with Crippen molar-refractivity contribution in [2.45, 2.75) is 85.6 Å². The number of hydrogen-bond donors (Lipinski definition) is 1. The number of amides is 1. The van der Waals surface area contributed by atoms with Gasteiger partial charge in [-0.05, 0) is 32.1 Å². The van der Waals surface area contributed by atoms with Crippen molar-refractivity contribution >= 4 is 5.91 Å². The monoisotopic (exact) mass is 280 g/mol. The molecule has 0 aromatic rings. The van der Waals surface area contributed by atoms with Crippen LogP contribution in [0.2, 0.25) is 0 Å². The first-order valence-corrected chi connectivity index (χ1v) is 8.14. The first kappa shape index (κ1) is 19.0. The lowest BCUT2D eigenvalue weighted by molar-refractivity contribution is -0.129. The Morgan fingerprint density at radius 3 is 2.10 bits per heavy atom. The van der Waals surface area contributed by atoms with Crippen LogP contribution in [0.4, 0.5) is 0 Å². The normalized spacial score (nSPS) is 13.1. The zero-order valence-corrected chi connectivity index (χ0v) is 14.0. The van der Waals surface area contributed by atoms with Crippen LogP contribution in [0, 0.1) is 22.7 Å². The number of carbonyl (C=O) groups excluding carboxylic acids is 1. The third-order valence-electron chi connectivity index (χ3n) is 3.80.